The third-order valence-corrected chi connectivity index (χ3v) is 9.43. The minimum Gasteiger partial charge on any atom is -0.496 e. The first kappa shape index (κ1) is 31.6. The number of aromatic nitrogens is 2. The number of carbonyl (C=O) groups excluding carboxylic acids is 2. The highest BCUT2D eigenvalue weighted by molar-refractivity contribution is 8.04. The molecular formula is C39H29FN4O4S. The zero-order chi connectivity index (χ0) is 34.1. The Balaban J connectivity index is 1.22. The third-order valence-electron chi connectivity index (χ3n) is 8.18. The van der Waals surface area contributed by atoms with Crippen LogP contribution in [-0.2, 0) is 4.79 Å². The molecule has 1 aliphatic rings. The molecule has 6 aromatic rings. The molecule has 1 N–H and O–H groups in total. The fraction of sp³-hybridized carbons (Fsp3) is 0.0769. The van der Waals surface area contributed by atoms with Gasteiger partial charge in [-0.05, 0) is 73.2 Å². The van der Waals surface area contributed by atoms with Crippen molar-refractivity contribution in [2.75, 3.05) is 7.11 Å². The lowest BCUT2D eigenvalue weighted by molar-refractivity contribution is -0.128. The number of amides is 2. The maximum Gasteiger partial charge on any atom is 0.280 e. The number of hydrogen-bond donors (Lipinski definition) is 1. The summed E-state index contributed by atoms with van der Waals surface area (Å²) in [5.41, 5.74) is 7.07. The molecule has 1 atom stereocenters. The Morgan fingerprint density at radius 3 is 2.31 bits per heavy atom. The zero-order valence-electron chi connectivity index (χ0n) is 26.5. The number of nitrogens with one attached hydrogen (secondary N) is 1. The molecular weight excluding hydrogens is 640 g/mol. The van der Waals surface area contributed by atoms with Crippen LogP contribution in [0.25, 0.3) is 34.1 Å². The predicted octanol–water partition coefficient (Wildman–Crippen LogP) is 7.47. The SMILES string of the molecule is COc1ccccc1/C=C1\SC(c2ccc(F)cc2)N(NC(=O)c2ccc(-n3c(-c4ccc(C)cc4)nc4ccccc4c3=O)cc2)C1=O. The number of hydrogen-bond acceptors (Lipinski definition) is 6. The number of aryl methyl sites for hydroxylation is 1. The quantitative estimate of drug-likeness (QED) is 0.178. The molecule has 5 aromatic carbocycles. The second-order valence-corrected chi connectivity index (χ2v) is 12.5. The molecule has 0 bridgehead atoms. The van der Waals surface area contributed by atoms with Gasteiger partial charge in [0.1, 0.15) is 22.8 Å². The molecule has 1 saturated heterocycles. The minimum atomic E-state index is -0.656. The Morgan fingerprint density at radius 1 is 0.878 bits per heavy atom. The molecule has 2 amide bonds. The van der Waals surface area contributed by atoms with Crippen molar-refractivity contribution in [1.82, 2.24) is 20.0 Å². The summed E-state index contributed by atoms with van der Waals surface area (Å²) in [7, 11) is 1.55. The number of nitrogens with zero attached hydrogens (tertiary/aromatic N) is 3. The molecule has 242 valence electrons. The summed E-state index contributed by atoms with van der Waals surface area (Å²) in [6.07, 6.45) is 1.71. The van der Waals surface area contributed by atoms with E-state index in [1.54, 1.807) is 73.8 Å². The summed E-state index contributed by atoms with van der Waals surface area (Å²) in [6.45, 7) is 1.99. The van der Waals surface area contributed by atoms with Crippen molar-refractivity contribution >= 4 is 40.6 Å². The smallest absolute Gasteiger partial charge is 0.280 e. The van der Waals surface area contributed by atoms with E-state index < -0.39 is 23.0 Å². The van der Waals surface area contributed by atoms with Gasteiger partial charge in [0.05, 0.1) is 28.6 Å². The van der Waals surface area contributed by atoms with Crippen LogP contribution in [0.4, 0.5) is 4.39 Å². The van der Waals surface area contributed by atoms with Gasteiger partial charge < -0.3 is 4.74 Å². The van der Waals surface area contributed by atoms with Crippen LogP contribution in [0.5, 0.6) is 5.75 Å². The van der Waals surface area contributed by atoms with Crippen LogP contribution in [0.1, 0.15) is 32.4 Å². The van der Waals surface area contributed by atoms with Gasteiger partial charge in [-0.1, -0.05) is 84.1 Å². The topological polar surface area (TPSA) is 93.5 Å². The summed E-state index contributed by atoms with van der Waals surface area (Å²) in [6, 6.07) is 34.6. The Labute approximate surface area is 285 Å². The standard InChI is InChI=1S/C39H29FN4O4S/c1-24-11-13-25(14-12-24)35-41-32-9-5-4-8-31(32)37(46)43(35)30-21-17-26(18-22-30)36(45)42-44-38(47)34(23-28-7-3-6-10-33(28)48-2)49-39(44)27-15-19-29(40)20-16-27/h3-23,39H,1-2H3,(H,42,45)/b34-23-. The predicted molar refractivity (Wildman–Crippen MR) is 190 cm³/mol. The Bertz CT molecular complexity index is 2300. The van der Waals surface area contributed by atoms with Gasteiger partial charge in [-0.15, -0.1) is 0 Å². The molecule has 0 aliphatic carbocycles. The number of hydrazine groups is 1. The maximum atomic E-state index is 13.8. The van der Waals surface area contributed by atoms with Gasteiger partial charge in [0.15, 0.2) is 0 Å². The van der Waals surface area contributed by atoms with Gasteiger partial charge >= 0.3 is 0 Å². The van der Waals surface area contributed by atoms with E-state index in [2.05, 4.69) is 5.43 Å². The highest BCUT2D eigenvalue weighted by Gasteiger charge is 2.39. The molecule has 8 nitrogen and oxygen atoms in total. The van der Waals surface area contributed by atoms with Crippen molar-refractivity contribution in [3.8, 4) is 22.8 Å². The van der Waals surface area contributed by atoms with Crippen LogP contribution in [0.2, 0.25) is 0 Å². The average molecular weight is 669 g/mol. The van der Waals surface area contributed by atoms with Gasteiger partial charge in [-0.2, -0.15) is 0 Å². The molecule has 0 spiro atoms. The van der Waals surface area contributed by atoms with Gasteiger partial charge in [-0.25, -0.2) is 14.4 Å². The lowest BCUT2D eigenvalue weighted by atomic mass is 10.1. The monoisotopic (exact) mass is 668 g/mol. The van der Waals surface area contributed by atoms with Crippen LogP contribution in [0.3, 0.4) is 0 Å². The van der Waals surface area contributed by atoms with Crippen molar-refractivity contribution < 1.29 is 18.7 Å². The molecule has 1 unspecified atom stereocenters. The number of para-hydroxylation sites is 2. The largest absolute Gasteiger partial charge is 0.496 e. The van der Waals surface area contributed by atoms with Crippen molar-refractivity contribution in [1.29, 1.82) is 0 Å². The van der Waals surface area contributed by atoms with Crippen LogP contribution in [0.15, 0.2) is 131 Å². The van der Waals surface area contributed by atoms with E-state index >= 15 is 0 Å². The molecule has 1 fully saturated rings. The maximum absolute atomic E-state index is 13.8. The average Bonchev–Trinajstić information content (AvgIpc) is 3.42. The Kier molecular flexibility index (Phi) is 8.54. The van der Waals surface area contributed by atoms with E-state index in [4.69, 9.17) is 9.72 Å². The van der Waals surface area contributed by atoms with E-state index in [1.165, 1.54) is 33.5 Å². The summed E-state index contributed by atoms with van der Waals surface area (Å²) in [4.78, 5) is 46.5. The van der Waals surface area contributed by atoms with E-state index in [-0.39, 0.29) is 11.1 Å². The molecule has 0 saturated carbocycles. The van der Waals surface area contributed by atoms with Gasteiger partial charge in [0.2, 0.25) is 0 Å². The summed E-state index contributed by atoms with van der Waals surface area (Å²) in [5.74, 6) is -0.307. The van der Waals surface area contributed by atoms with Crippen molar-refractivity contribution in [2.24, 2.45) is 0 Å². The number of fused-ring (bicyclic) bond motifs is 1. The van der Waals surface area contributed by atoms with Crippen LogP contribution in [0, 0.1) is 12.7 Å². The molecule has 1 aromatic heterocycles. The number of carbonyl (C=O) groups is 2. The lowest BCUT2D eigenvalue weighted by Gasteiger charge is -2.24. The first-order valence-electron chi connectivity index (χ1n) is 15.4. The number of methoxy groups -OCH3 is 1. The first-order chi connectivity index (χ1) is 23.8. The highest BCUT2D eigenvalue weighted by Crippen LogP contribution is 2.45. The second kappa shape index (κ2) is 13.2. The zero-order valence-corrected chi connectivity index (χ0v) is 27.3. The van der Waals surface area contributed by atoms with Crippen LogP contribution in [-0.4, -0.2) is 33.5 Å². The molecule has 49 heavy (non-hydrogen) atoms. The Morgan fingerprint density at radius 2 is 1.57 bits per heavy atom. The second-order valence-electron chi connectivity index (χ2n) is 11.4. The molecule has 2 heterocycles. The Hall–Kier alpha value is -6.00. The van der Waals surface area contributed by atoms with Crippen molar-refractivity contribution in [2.45, 2.75) is 12.3 Å². The van der Waals surface area contributed by atoms with Gasteiger partial charge in [0.25, 0.3) is 17.4 Å². The number of ether oxygens (including phenoxy) is 1. The minimum absolute atomic E-state index is 0.241. The number of benzene rings is 5. The van der Waals surface area contributed by atoms with Crippen LogP contribution >= 0.6 is 11.8 Å². The van der Waals surface area contributed by atoms with Gasteiger partial charge in [-0.3, -0.25) is 24.4 Å². The van der Waals surface area contributed by atoms with E-state index in [0.29, 0.717) is 44.2 Å². The van der Waals surface area contributed by atoms with Gasteiger partial charge in [0, 0.05) is 16.7 Å². The van der Waals surface area contributed by atoms with E-state index in [0.717, 1.165) is 11.1 Å². The fourth-order valence-electron chi connectivity index (χ4n) is 5.63. The summed E-state index contributed by atoms with van der Waals surface area (Å²) >= 11 is 1.24. The van der Waals surface area contributed by atoms with E-state index in [1.807, 2.05) is 55.5 Å². The molecule has 0 radical (unpaired) electrons. The first-order valence-corrected chi connectivity index (χ1v) is 16.3. The lowest BCUT2D eigenvalue weighted by Crippen LogP contribution is -2.44. The number of rotatable bonds is 7. The van der Waals surface area contributed by atoms with E-state index in [9.17, 15) is 18.8 Å². The number of thioether (sulfide) groups is 1. The normalized spacial score (nSPS) is 15.2. The third kappa shape index (κ3) is 6.21. The number of halogens is 1. The van der Waals surface area contributed by atoms with Crippen molar-refractivity contribution in [3.05, 3.63) is 165 Å². The highest BCUT2D eigenvalue weighted by atomic mass is 32.2. The summed E-state index contributed by atoms with van der Waals surface area (Å²) < 4.78 is 20.8. The fourth-order valence-corrected chi connectivity index (χ4v) is 6.81. The van der Waals surface area contributed by atoms with Crippen LogP contribution < -0.4 is 15.7 Å². The summed E-state index contributed by atoms with van der Waals surface area (Å²) in [5, 5.41) is 1.06. The molecule has 1 aliphatic heterocycles. The van der Waals surface area contributed by atoms with Crippen molar-refractivity contribution in [3.63, 3.8) is 0 Å². The molecule has 10 heteroatoms. The molecule has 7 rings (SSSR count).